The van der Waals surface area contributed by atoms with E-state index in [1.165, 1.54) is 23.0 Å². The van der Waals surface area contributed by atoms with Crippen molar-refractivity contribution < 1.29 is 9.94 Å². The number of hydrogen-bond acceptors (Lipinski definition) is 1. The summed E-state index contributed by atoms with van der Waals surface area (Å²) in [6.07, 6.45) is 4.21. The average molecular weight is 186 g/mol. The van der Waals surface area contributed by atoms with Crippen molar-refractivity contribution in [3.05, 3.63) is 42.2 Å². The first kappa shape index (κ1) is 7.80. The lowest BCUT2D eigenvalue weighted by molar-refractivity contribution is -0.908. The molecule has 0 unspecified atom stereocenters. The molecule has 1 aliphatic rings. The molecule has 1 fully saturated rings. The van der Waals surface area contributed by atoms with Crippen LogP contribution in [0.15, 0.2) is 36.5 Å². The molecule has 0 atom stereocenters. The van der Waals surface area contributed by atoms with Gasteiger partial charge in [0.2, 0.25) is 11.9 Å². The number of hydrogen-bond donors (Lipinski definition) is 1. The summed E-state index contributed by atoms with van der Waals surface area (Å²) in [7, 11) is 0. The number of pyridine rings is 1. The van der Waals surface area contributed by atoms with E-state index >= 15 is 0 Å². The molecule has 1 aromatic carbocycles. The molecule has 0 bridgehead atoms. The first-order chi connectivity index (χ1) is 6.84. The monoisotopic (exact) mass is 186 g/mol. The van der Waals surface area contributed by atoms with Gasteiger partial charge >= 0.3 is 0 Å². The summed E-state index contributed by atoms with van der Waals surface area (Å²) in [5.41, 5.74) is 1.05. The third-order valence-corrected chi connectivity index (χ3v) is 2.82. The smallest absolute Gasteiger partial charge is 0.237 e. The van der Waals surface area contributed by atoms with Crippen LogP contribution in [0.2, 0.25) is 0 Å². The van der Waals surface area contributed by atoms with Crippen LogP contribution in [0.4, 0.5) is 0 Å². The zero-order chi connectivity index (χ0) is 9.54. The molecule has 0 spiro atoms. The van der Waals surface area contributed by atoms with Crippen molar-refractivity contribution in [2.24, 2.45) is 0 Å². The standard InChI is InChI=1S/C12H12NO/c14-13-8-11-4-2-1-3-10(11)7-12(13)9-5-6-9/h1-4,7-9,14H,5-6H2/q+1. The lowest BCUT2D eigenvalue weighted by Gasteiger charge is -1.97. The minimum Gasteiger partial charge on any atom is -0.285 e. The summed E-state index contributed by atoms with van der Waals surface area (Å²) >= 11 is 0. The zero-order valence-electron chi connectivity index (χ0n) is 7.85. The Morgan fingerprint density at radius 1 is 1.14 bits per heavy atom. The van der Waals surface area contributed by atoms with Crippen LogP contribution >= 0.6 is 0 Å². The third kappa shape index (κ3) is 1.15. The van der Waals surface area contributed by atoms with E-state index in [9.17, 15) is 5.21 Å². The number of aromatic nitrogens is 1. The average Bonchev–Trinajstić information content (AvgIpc) is 3.00. The second-order valence-electron chi connectivity index (χ2n) is 3.95. The van der Waals surface area contributed by atoms with Crippen LogP contribution in [0.25, 0.3) is 10.8 Å². The molecule has 1 saturated carbocycles. The highest BCUT2D eigenvalue weighted by molar-refractivity contribution is 5.81. The topological polar surface area (TPSA) is 24.1 Å². The lowest BCUT2D eigenvalue weighted by Crippen LogP contribution is -2.34. The van der Waals surface area contributed by atoms with Gasteiger partial charge in [-0.3, -0.25) is 5.21 Å². The number of rotatable bonds is 1. The molecule has 0 saturated heterocycles. The molecule has 70 valence electrons. The van der Waals surface area contributed by atoms with Gasteiger partial charge in [0.05, 0.1) is 5.39 Å². The fraction of sp³-hybridized carbons (Fsp3) is 0.250. The van der Waals surface area contributed by atoms with Gasteiger partial charge < -0.3 is 0 Å². The normalized spacial score (nSPS) is 16.0. The van der Waals surface area contributed by atoms with Gasteiger partial charge in [-0.15, -0.1) is 0 Å². The van der Waals surface area contributed by atoms with E-state index in [1.807, 2.05) is 18.2 Å². The molecular weight excluding hydrogens is 174 g/mol. The van der Waals surface area contributed by atoms with Crippen LogP contribution < -0.4 is 4.73 Å². The molecule has 2 heteroatoms. The van der Waals surface area contributed by atoms with Crippen molar-refractivity contribution in [2.75, 3.05) is 0 Å². The Labute approximate surface area is 82.4 Å². The van der Waals surface area contributed by atoms with Crippen LogP contribution in [0, 0.1) is 0 Å². The Balaban J connectivity index is 2.26. The molecule has 1 heterocycles. The second kappa shape index (κ2) is 2.71. The summed E-state index contributed by atoms with van der Waals surface area (Å²) in [5, 5.41) is 12.0. The maximum Gasteiger partial charge on any atom is 0.237 e. The SMILES string of the molecule is O[n+]1cc2ccccc2cc1C1CC1. The highest BCUT2D eigenvalue weighted by Crippen LogP contribution is 2.38. The Bertz CT molecular complexity index is 489. The predicted octanol–water partition coefficient (Wildman–Crippen LogP) is 2.24. The van der Waals surface area contributed by atoms with Gasteiger partial charge in [-0.25, -0.2) is 0 Å². The van der Waals surface area contributed by atoms with Crippen molar-refractivity contribution in [1.29, 1.82) is 0 Å². The van der Waals surface area contributed by atoms with E-state index in [2.05, 4.69) is 12.1 Å². The molecule has 1 N–H and O–H groups in total. The highest BCUT2D eigenvalue weighted by Gasteiger charge is 2.32. The summed E-state index contributed by atoms with van der Waals surface area (Å²) < 4.78 is 1.28. The molecule has 2 nitrogen and oxygen atoms in total. The van der Waals surface area contributed by atoms with E-state index in [-0.39, 0.29) is 0 Å². The van der Waals surface area contributed by atoms with Crippen LogP contribution in [-0.2, 0) is 0 Å². The van der Waals surface area contributed by atoms with Gasteiger partial charge in [0, 0.05) is 16.7 Å². The van der Waals surface area contributed by atoms with Crippen LogP contribution in [0.5, 0.6) is 0 Å². The summed E-state index contributed by atoms with van der Waals surface area (Å²) in [6, 6.07) is 10.2. The largest absolute Gasteiger partial charge is 0.285 e. The summed E-state index contributed by atoms with van der Waals surface area (Å²) in [6.45, 7) is 0. The third-order valence-electron chi connectivity index (χ3n) is 2.82. The Hall–Kier alpha value is -1.57. The molecule has 0 radical (unpaired) electrons. The molecular formula is C12H12NO+. The minimum atomic E-state index is 0.574. The molecule has 1 aliphatic carbocycles. The van der Waals surface area contributed by atoms with Crippen molar-refractivity contribution >= 4 is 10.8 Å². The molecule has 2 aromatic rings. The number of fused-ring (bicyclic) bond motifs is 1. The molecule has 1 aromatic heterocycles. The van der Waals surface area contributed by atoms with Gasteiger partial charge in [-0.1, -0.05) is 18.2 Å². The fourth-order valence-corrected chi connectivity index (χ4v) is 1.88. The maximum absolute atomic E-state index is 9.74. The van der Waals surface area contributed by atoms with Crippen molar-refractivity contribution in [3.63, 3.8) is 0 Å². The van der Waals surface area contributed by atoms with E-state index in [0.29, 0.717) is 5.92 Å². The zero-order valence-corrected chi connectivity index (χ0v) is 7.85. The molecule has 0 aliphatic heterocycles. The van der Waals surface area contributed by atoms with E-state index in [1.54, 1.807) is 6.20 Å². The van der Waals surface area contributed by atoms with Crippen molar-refractivity contribution in [2.45, 2.75) is 18.8 Å². The quantitative estimate of drug-likeness (QED) is 0.536. The van der Waals surface area contributed by atoms with Gasteiger partial charge in [-0.05, 0) is 24.3 Å². The van der Waals surface area contributed by atoms with Gasteiger partial charge in [0.15, 0.2) is 0 Å². The minimum absolute atomic E-state index is 0.574. The van der Waals surface area contributed by atoms with Crippen LogP contribution in [-0.4, -0.2) is 5.21 Å². The van der Waals surface area contributed by atoms with Gasteiger partial charge in [-0.2, -0.15) is 0 Å². The van der Waals surface area contributed by atoms with E-state index in [0.717, 1.165) is 11.1 Å². The van der Waals surface area contributed by atoms with Gasteiger partial charge in [0.1, 0.15) is 0 Å². The molecule has 14 heavy (non-hydrogen) atoms. The predicted molar refractivity (Wildman–Crippen MR) is 53.3 cm³/mol. The Kier molecular flexibility index (Phi) is 1.51. The highest BCUT2D eigenvalue weighted by atomic mass is 16.5. The van der Waals surface area contributed by atoms with E-state index < -0.39 is 0 Å². The van der Waals surface area contributed by atoms with E-state index in [4.69, 9.17) is 0 Å². The van der Waals surface area contributed by atoms with Crippen LogP contribution in [0.3, 0.4) is 0 Å². The second-order valence-corrected chi connectivity index (χ2v) is 3.95. The summed E-state index contributed by atoms with van der Waals surface area (Å²) in [5.74, 6) is 0.574. The lowest BCUT2D eigenvalue weighted by atomic mass is 10.1. The van der Waals surface area contributed by atoms with Crippen molar-refractivity contribution in [1.82, 2.24) is 0 Å². The maximum atomic E-state index is 9.74. The first-order valence-corrected chi connectivity index (χ1v) is 4.98. The molecule has 0 amide bonds. The summed E-state index contributed by atoms with van der Waals surface area (Å²) in [4.78, 5) is 0. The first-order valence-electron chi connectivity index (χ1n) is 4.98. The Morgan fingerprint density at radius 2 is 1.86 bits per heavy atom. The van der Waals surface area contributed by atoms with Gasteiger partial charge in [0.25, 0.3) is 0 Å². The van der Waals surface area contributed by atoms with Crippen LogP contribution in [0.1, 0.15) is 24.5 Å². The fourth-order valence-electron chi connectivity index (χ4n) is 1.88. The number of nitrogens with zero attached hydrogens (tertiary/aromatic N) is 1. The van der Waals surface area contributed by atoms with Crippen molar-refractivity contribution in [3.8, 4) is 0 Å². The number of benzene rings is 1. The Morgan fingerprint density at radius 3 is 2.57 bits per heavy atom. The molecule has 3 rings (SSSR count).